The van der Waals surface area contributed by atoms with Crippen molar-refractivity contribution in [1.82, 2.24) is 9.55 Å². The van der Waals surface area contributed by atoms with E-state index in [0.717, 1.165) is 5.56 Å². The summed E-state index contributed by atoms with van der Waals surface area (Å²) in [7, 11) is 0. The molecule has 0 saturated heterocycles. The van der Waals surface area contributed by atoms with Crippen molar-refractivity contribution in [3.63, 3.8) is 0 Å². The van der Waals surface area contributed by atoms with Crippen LogP contribution in [0.5, 0.6) is 5.75 Å². The number of rotatable bonds is 7. The van der Waals surface area contributed by atoms with Gasteiger partial charge < -0.3 is 9.47 Å². The van der Waals surface area contributed by atoms with Crippen LogP contribution in [0.2, 0.25) is 5.02 Å². The second kappa shape index (κ2) is 7.71. The molecule has 3 aromatic rings. The van der Waals surface area contributed by atoms with Crippen LogP contribution in [0.4, 0.5) is 0 Å². The quantitative estimate of drug-likeness (QED) is 0.452. The average molecular weight is 363 g/mol. The van der Waals surface area contributed by atoms with Gasteiger partial charge in [0.2, 0.25) is 5.18 Å². The minimum Gasteiger partial charge on any atom is -0.467 e. The number of para-hydroxylation sites is 1. The number of imidazole rings is 1. The zero-order chi connectivity index (χ0) is 16.8. The molecule has 0 aliphatic carbocycles. The summed E-state index contributed by atoms with van der Waals surface area (Å²) >= 11 is 12.7. The number of ether oxygens (including phenoxy) is 2. The Bertz CT molecular complexity index is 748. The summed E-state index contributed by atoms with van der Waals surface area (Å²) in [6, 6.07) is 16.9. The number of nitrogens with zero attached hydrogens (tertiary/aromatic N) is 2. The Morgan fingerprint density at radius 1 is 1.04 bits per heavy atom. The third kappa shape index (κ3) is 4.29. The molecule has 0 radical (unpaired) electrons. The van der Waals surface area contributed by atoms with Gasteiger partial charge in [-0.25, -0.2) is 4.98 Å². The molecule has 0 spiro atoms. The van der Waals surface area contributed by atoms with Crippen LogP contribution in [0, 0.1) is 0 Å². The van der Waals surface area contributed by atoms with Crippen molar-refractivity contribution in [3.8, 4) is 5.75 Å². The highest BCUT2D eigenvalue weighted by Gasteiger charge is 2.31. The SMILES string of the molecule is Clc1ccc(CC(Cl)(OCOc2ccccc2)n2ccnc2)cc1. The molecule has 0 saturated carbocycles. The van der Waals surface area contributed by atoms with Crippen LogP contribution in [-0.4, -0.2) is 16.3 Å². The molecule has 1 unspecified atom stereocenters. The van der Waals surface area contributed by atoms with E-state index in [9.17, 15) is 0 Å². The minimum atomic E-state index is -1.14. The van der Waals surface area contributed by atoms with Crippen molar-refractivity contribution >= 4 is 23.2 Å². The highest BCUT2D eigenvalue weighted by Crippen LogP contribution is 2.29. The standard InChI is InChI=1S/C18H16Cl2N2O2/c19-16-8-6-15(7-9-16)12-18(20,22-11-10-21-13-22)24-14-23-17-4-2-1-3-5-17/h1-11,13H,12,14H2. The Morgan fingerprint density at radius 2 is 1.79 bits per heavy atom. The first-order valence-electron chi connectivity index (χ1n) is 7.39. The summed E-state index contributed by atoms with van der Waals surface area (Å²) < 4.78 is 13.1. The number of hydrogen-bond acceptors (Lipinski definition) is 3. The van der Waals surface area contributed by atoms with E-state index >= 15 is 0 Å². The molecule has 2 aromatic carbocycles. The molecule has 3 rings (SSSR count). The number of aromatic nitrogens is 2. The van der Waals surface area contributed by atoms with Gasteiger partial charge in [0.25, 0.3) is 0 Å². The van der Waals surface area contributed by atoms with Crippen molar-refractivity contribution in [1.29, 1.82) is 0 Å². The molecule has 0 aliphatic heterocycles. The Hall–Kier alpha value is -2.01. The fourth-order valence-electron chi connectivity index (χ4n) is 2.23. The van der Waals surface area contributed by atoms with Crippen LogP contribution in [-0.2, 0) is 16.3 Å². The summed E-state index contributed by atoms with van der Waals surface area (Å²) in [6.45, 7) is 0.0132. The summed E-state index contributed by atoms with van der Waals surface area (Å²) in [6.07, 6.45) is 5.46. The number of alkyl halides is 1. The van der Waals surface area contributed by atoms with E-state index in [-0.39, 0.29) is 6.79 Å². The van der Waals surface area contributed by atoms with E-state index < -0.39 is 5.18 Å². The smallest absolute Gasteiger partial charge is 0.230 e. The molecular formula is C18H16Cl2N2O2. The first kappa shape index (κ1) is 16.8. The Labute approximate surface area is 150 Å². The van der Waals surface area contributed by atoms with E-state index in [1.165, 1.54) is 0 Å². The van der Waals surface area contributed by atoms with E-state index in [4.69, 9.17) is 32.7 Å². The van der Waals surface area contributed by atoms with Gasteiger partial charge in [0.05, 0.1) is 6.33 Å². The predicted molar refractivity (Wildman–Crippen MR) is 94.2 cm³/mol. The van der Waals surface area contributed by atoms with Crippen LogP contribution in [0.15, 0.2) is 73.3 Å². The fraction of sp³-hybridized carbons (Fsp3) is 0.167. The van der Waals surface area contributed by atoms with E-state index in [2.05, 4.69) is 4.98 Å². The summed E-state index contributed by atoms with van der Waals surface area (Å²) in [5, 5.41) is -0.464. The third-order valence-electron chi connectivity index (χ3n) is 3.47. The first-order chi connectivity index (χ1) is 11.7. The molecule has 1 heterocycles. The molecule has 1 atom stereocenters. The van der Waals surface area contributed by atoms with Gasteiger partial charge in [0.15, 0.2) is 6.79 Å². The van der Waals surface area contributed by atoms with E-state index in [1.54, 1.807) is 23.3 Å². The number of hydrogen-bond donors (Lipinski definition) is 0. The van der Waals surface area contributed by atoms with Crippen molar-refractivity contribution in [3.05, 3.63) is 83.9 Å². The highest BCUT2D eigenvalue weighted by atomic mass is 35.5. The molecule has 0 fully saturated rings. The minimum absolute atomic E-state index is 0.0132. The lowest BCUT2D eigenvalue weighted by Crippen LogP contribution is -2.33. The molecule has 24 heavy (non-hydrogen) atoms. The first-order valence-corrected chi connectivity index (χ1v) is 8.15. The van der Waals surface area contributed by atoms with Crippen molar-refractivity contribution in [2.24, 2.45) is 0 Å². The molecule has 0 bridgehead atoms. The molecule has 124 valence electrons. The maximum absolute atomic E-state index is 6.73. The molecule has 4 nitrogen and oxygen atoms in total. The van der Waals surface area contributed by atoms with Gasteiger partial charge in [-0.1, -0.05) is 53.5 Å². The topological polar surface area (TPSA) is 36.3 Å². The third-order valence-corrected chi connectivity index (χ3v) is 4.16. The van der Waals surface area contributed by atoms with Gasteiger partial charge in [0.1, 0.15) is 5.75 Å². The normalized spacial score (nSPS) is 13.4. The highest BCUT2D eigenvalue weighted by molar-refractivity contribution is 6.30. The fourth-order valence-corrected chi connectivity index (χ4v) is 2.66. The zero-order valence-corrected chi connectivity index (χ0v) is 14.3. The van der Waals surface area contributed by atoms with Gasteiger partial charge in [-0.05, 0) is 29.8 Å². The van der Waals surface area contributed by atoms with Gasteiger partial charge in [-0.2, -0.15) is 0 Å². The van der Waals surface area contributed by atoms with Gasteiger partial charge in [-0.15, -0.1) is 0 Å². The Morgan fingerprint density at radius 3 is 2.46 bits per heavy atom. The van der Waals surface area contributed by atoms with Crippen molar-refractivity contribution in [2.75, 3.05) is 6.79 Å². The second-order valence-corrected chi connectivity index (χ2v) is 6.21. The van der Waals surface area contributed by atoms with Crippen molar-refractivity contribution in [2.45, 2.75) is 11.6 Å². The summed E-state index contributed by atoms with van der Waals surface area (Å²) in [5.74, 6) is 0.716. The summed E-state index contributed by atoms with van der Waals surface area (Å²) in [5.41, 5.74) is 0.989. The monoisotopic (exact) mass is 362 g/mol. The number of benzene rings is 2. The van der Waals surface area contributed by atoms with Crippen LogP contribution in [0.3, 0.4) is 0 Å². The van der Waals surface area contributed by atoms with Crippen LogP contribution in [0.25, 0.3) is 0 Å². The predicted octanol–water partition coefficient (Wildman–Crippen LogP) is 4.68. The maximum Gasteiger partial charge on any atom is 0.230 e. The number of halogens is 2. The maximum atomic E-state index is 6.73. The Kier molecular flexibility index (Phi) is 5.41. The van der Waals surface area contributed by atoms with E-state index in [0.29, 0.717) is 17.2 Å². The van der Waals surface area contributed by atoms with Crippen LogP contribution >= 0.6 is 23.2 Å². The lowest BCUT2D eigenvalue weighted by molar-refractivity contribution is -0.101. The lowest BCUT2D eigenvalue weighted by atomic mass is 10.1. The molecule has 0 amide bonds. The molecule has 6 heteroatoms. The molecule has 1 aromatic heterocycles. The summed E-state index contributed by atoms with van der Waals surface area (Å²) in [4.78, 5) is 4.05. The van der Waals surface area contributed by atoms with Gasteiger partial charge >= 0.3 is 0 Å². The van der Waals surface area contributed by atoms with Gasteiger partial charge in [-0.3, -0.25) is 4.57 Å². The molecular weight excluding hydrogens is 347 g/mol. The second-order valence-electron chi connectivity index (χ2n) is 5.18. The lowest BCUT2D eigenvalue weighted by Gasteiger charge is -2.28. The van der Waals surface area contributed by atoms with Crippen LogP contribution in [0.1, 0.15) is 5.56 Å². The largest absolute Gasteiger partial charge is 0.467 e. The van der Waals surface area contributed by atoms with Crippen molar-refractivity contribution < 1.29 is 9.47 Å². The van der Waals surface area contributed by atoms with Gasteiger partial charge in [0, 0.05) is 23.8 Å². The van der Waals surface area contributed by atoms with E-state index in [1.807, 2.05) is 54.6 Å². The molecule has 0 aliphatic rings. The zero-order valence-electron chi connectivity index (χ0n) is 12.8. The average Bonchev–Trinajstić information content (AvgIpc) is 3.13. The van der Waals surface area contributed by atoms with Crippen LogP contribution < -0.4 is 4.74 Å². The Balaban J connectivity index is 1.72. The molecule has 0 N–H and O–H groups in total.